The van der Waals surface area contributed by atoms with Crippen LogP contribution in [0.15, 0.2) is 24.3 Å². The zero-order valence-electron chi connectivity index (χ0n) is 12.8. The average Bonchev–Trinajstić information content (AvgIpc) is 3.04. The molecule has 2 heterocycles. The maximum absolute atomic E-state index is 12.7. The van der Waals surface area contributed by atoms with Crippen LogP contribution in [0.4, 0.5) is 0 Å². The highest BCUT2D eigenvalue weighted by Crippen LogP contribution is 2.47. The molecule has 2 aliphatic rings. The van der Waals surface area contributed by atoms with Gasteiger partial charge in [-0.25, -0.2) is 4.79 Å². The Labute approximate surface area is 136 Å². The Kier molecular flexibility index (Phi) is 3.09. The molecule has 1 saturated heterocycles. The Morgan fingerprint density at radius 2 is 2.00 bits per heavy atom. The largest absolute Gasteiger partial charge is 0.480 e. The van der Waals surface area contributed by atoms with E-state index in [1.807, 2.05) is 0 Å². The van der Waals surface area contributed by atoms with E-state index in [-0.39, 0.29) is 24.2 Å². The highest BCUT2D eigenvalue weighted by Gasteiger charge is 2.56. The Hall–Kier alpha value is -2.90. The van der Waals surface area contributed by atoms with Crippen molar-refractivity contribution in [1.82, 2.24) is 14.7 Å². The van der Waals surface area contributed by atoms with Gasteiger partial charge >= 0.3 is 5.97 Å². The number of carboxylic acids is 1. The first-order chi connectivity index (χ1) is 11.5. The lowest BCUT2D eigenvalue weighted by Gasteiger charge is -2.24. The molecule has 1 aromatic heterocycles. The number of carbonyl (C=O) groups is 3. The number of rotatable bonds is 4. The molecule has 2 aromatic rings. The van der Waals surface area contributed by atoms with Gasteiger partial charge in [-0.1, -0.05) is 18.2 Å². The molecule has 4 rings (SSSR count). The van der Waals surface area contributed by atoms with Gasteiger partial charge in [-0.2, -0.15) is 5.10 Å². The van der Waals surface area contributed by atoms with Crippen LogP contribution in [0.1, 0.15) is 23.3 Å². The number of aromatic nitrogens is 2. The van der Waals surface area contributed by atoms with Crippen LogP contribution >= 0.6 is 0 Å². The highest BCUT2D eigenvalue weighted by atomic mass is 16.4. The second kappa shape index (κ2) is 5.05. The Bertz CT molecular complexity index is 874. The first kappa shape index (κ1) is 14.7. The van der Waals surface area contributed by atoms with Crippen molar-refractivity contribution in [3.8, 4) is 0 Å². The van der Waals surface area contributed by atoms with Gasteiger partial charge in [0.05, 0.1) is 5.52 Å². The number of likely N-dealkylation sites (tertiary alicyclic amines) is 1. The number of fused-ring (bicyclic) bond motifs is 2. The predicted molar refractivity (Wildman–Crippen MR) is 83.0 cm³/mol. The predicted octanol–water partition coefficient (Wildman–Crippen LogP) is 0.209. The SMILES string of the molecule is NC(=O)c1nn(CC(=O)N2C(C(=O)O)C[C@H]3C[C@H]32)c2ccccc12. The molecule has 124 valence electrons. The molecule has 0 spiro atoms. The normalized spacial score (nSPS) is 24.8. The van der Waals surface area contributed by atoms with Gasteiger partial charge in [0.1, 0.15) is 12.6 Å². The number of carbonyl (C=O) groups excluding carboxylic acids is 2. The van der Waals surface area contributed by atoms with Gasteiger partial charge in [0, 0.05) is 11.4 Å². The number of para-hydroxylation sites is 1. The van der Waals surface area contributed by atoms with Crippen molar-refractivity contribution >= 4 is 28.7 Å². The number of carboxylic acid groups (broad SMARTS) is 1. The fourth-order valence-corrected chi connectivity index (χ4v) is 3.68. The van der Waals surface area contributed by atoms with Crippen molar-refractivity contribution in [2.45, 2.75) is 31.5 Å². The number of hydrogen-bond donors (Lipinski definition) is 2. The van der Waals surface area contributed by atoms with Crippen molar-refractivity contribution in [2.75, 3.05) is 0 Å². The van der Waals surface area contributed by atoms with Gasteiger partial charge in [-0.05, 0) is 24.8 Å². The Morgan fingerprint density at radius 3 is 2.71 bits per heavy atom. The van der Waals surface area contributed by atoms with Crippen LogP contribution in [0, 0.1) is 5.92 Å². The number of nitrogens with zero attached hydrogens (tertiary/aromatic N) is 3. The summed E-state index contributed by atoms with van der Waals surface area (Å²) in [5.41, 5.74) is 6.08. The molecule has 1 aliphatic heterocycles. The molecule has 1 aliphatic carbocycles. The molecule has 1 unspecified atom stereocenters. The standard InChI is InChI=1S/C16H16N4O4/c17-15(22)14-9-3-1-2-4-10(9)19(18-14)7-13(21)20-11-5-8(11)6-12(20)16(23)24/h1-4,8,11-12H,5-7H2,(H2,17,22)(H,23,24)/t8-,11-,12?/m1/s1. The smallest absolute Gasteiger partial charge is 0.326 e. The summed E-state index contributed by atoms with van der Waals surface area (Å²) in [6.07, 6.45) is 1.38. The summed E-state index contributed by atoms with van der Waals surface area (Å²) in [5, 5.41) is 14.0. The molecular formula is C16H16N4O4. The monoisotopic (exact) mass is 328 g/mol. The van der Waals surface area contributed by atoms with Crippen molar-refractivity contribution in [3.05, 3.63) is 30.0 Å². The maximum atomic E-state index is 12.7. The third-order valence-electron chi connectivity index (χ3n) is 4.85. The number of nitrogens with two attached hydrogens (primary N) is 1. The number of piperidine rings is 1. The Balaban J connectivity index is 1.66. The lowest BCUT2D eigenvalue weighted by Crippen LogP contribution is -2.44. The van der Waals surface area contributed by atoms with Gasteiger partial charge in [-0.15, -0.1) is 0 Å². The fourth-order valence-electron chi connectivity index (χ4n) is 3.68. The number of primary amides is 1. The molecule has 8 nitrogen and oxygen atoms in total. The van der Waals surface area contributed by atoms with Crippen LogP contribution in [-0.4, -0.2) is 49.7 Å². The number of amides is 2. The number of benzene rings is 1. The van der Waals surface area contributed by atoms with Crippen LogP contribution in [0.25, 0.3) is 10.9 Å². The summed E-state index contributed by atoms with van der Waals surface area (Å²) < 4.78 is 1.42. The van der Waals surface area contributed by atoms with Crippen molar-refractivity contribution < 1.29 is 19.5 Å². The fraction of sp³-hybridized carbons (Fsp3) is 0.375. The van der Waals surface area contributed by atoms with Gasteiger partial charge in [0.15, 0.2) is 5.69 Å². The molecule has 0 radical (unpaired) electrons. The second-order valence-corrected chi connectivity index (χ2v) is 6.34. The third kappa shape index (κ3) is 2.14. The first-order valence-corrected chi connectivity index (χ1v) is 7.76. The van der Waals surface area contributed by atoms with Crippen LogP contribution in [0.3, 0.4) is 0 Å². The molecular weight excluding hydrogens is 312 g/mol. The summed E-state index contributed by atoms with van der Waals surface area (Å²) >= 11 is 0. The number of aliphatic carboxylic acids is 1. The molecule has 24 heavy (non-hydrogen) atoms. The molecule has 2 fully saturated rings. The van der Waals surface area contributed by atoms with E-state index < -0.39 is 17.9 Å². The van der Waals surface area contributed by atoms with Gasteiger partial charge in [0.2, 0.25) is 5.91 Å². The summed E-state index contributed by atoms with van der Waals surface area (Å²) in [6.45, 7) is -0.110. The minimum atomic E-state index is -0.973. The van der Waals surface area contributed by atoms with E-state index in [4.69, 9.17) is 5.73 Å². The minimum absolute atomic E-state index is 0.0241. The van der Waals surface area contributed by atoms with E-state index in [1.165, 1.54) is 9.58 Å². The highest BCUT2D eigenvalue weighted by molar-refractivity contribution is 6.04. The van der Waals surface area contributed by atoms with Gasteiger partial charge < -0.3 is 15.7 Å². The van der Waals surface area contributed by atoms with Crippen molar-refractivity contribution in [3.63, 3.8) is 0 Å². The lowest BCUT2D eigenvalue weighted by atomic mass is 10.1. The summed E-state index contributed by atoms with van der Waals surface area (Å²) in [5.74, 6) is -1.63. The first-order valence-electron chi connectivity index (χ1n) is 7.76. The molecule has 0 bridgehead atoms. The van der Waals surface area contributed by atoms with E-state index in [0.717, 1.165) is 6.42 Å². The van der Waals surface area contributed by atoms with E-state index >= 15 is 0 Å². The maximum Gasteiger partial charge on any atom is 0.326 e. The zero-order chi connectivity index (χ0) is 17.0. The van der Waals surface area contributed by atoms with E-state index in [1.54, 1.807) is 24.3 Å². The topological polar surface area (TPSA) is 119 Å². The van der Waals surface area contributed by atoms with E-state index in [2.05, 4.69) is 5.10 Å². The van der Waals surface area contributed by atoms with Crippen molar-refractivity contribution in [2.24, 2.45) is 11.7 Å². The molecule has 8 heteroatoms. The Morgan fingerprint density at radius 1 is 1.25 bits per heavy atom. The van der Waals surface area contributed by atoms with Gasteiger partial charge in [-0.3, -0.25) is 14.3 Å². The van der Waals surface area contributed by atoms with E-state index in [0.29, 0.717) is 23.2 Å². The third-order valence-corrected chi connectivity index (χ3v) is 4.85. The molecule has 1 aromatic carbocycles. The molecule has 1 saturated carbocycles. The summed E-state index contributed by atoms with van der Waals surface area (Å²) in [4.78, 5) is 37.0. The molecule has 2 amide bonds. The van der Waals surface area contributed by atoms with E-state index in [9.17, 15) is 19.5 Å². The molecule has 3 atom stereocenters. The van der Waals surface area contributed by atoms with Crippen LogP contribution < -0.4 is 5.73 Å². The number of hydrogen-bond acceptors (Lipinski definition) is 4. The summed E-state index contributed by atoms with van der Waals surface area (Å²) in [7, 11) is 0. The van der Waals surface area contributed by atoms with Gasteiger partial charge in [0.25, 0.3) is 5.91 Å². The second-order valence-electron chi connectivity index (χ2n) is 6.34. The lowest BCUT2D eigenvalue weighted by molar-refractivity contribution is -0.149. The minimum Gasteiger partial charge on any atom is -0.480 e. The van der Waals surface area contributed by atoms with Crippen LogP contribution in [-0.2, 0) is 16.1 Å². The molecule has 3 N–H and O–H groups in total. The van der Waals surface area contributed by atoms with Crippen molar-refractivity contribution in [1.29, 1.82) is 0 Å². The zero-order valence-corrected chi connectivity index (χ0v) is 12.8. The quantitative estimate of drug-likeness (QED) is 0.831. The van der Waals surface area contributed by atoms with Crippen LogP contribution in [0.2, 0.25) is 0 Å². The average molecular weight is 328 g/mol. The summed E-state index contributed by atoms with van der Waals surface area (Å²) in [6, 6.07) is 6.27. The van der Waals surface area contributed by atoms with Crippen LogP contribution in [0.5, 0.6) is 0 Å².